The molecule has 1 rings (SSSR count). The molecule has 20 heavy (non-hydrogen) atoms. The summed E-state index contributed by atoms with van der Waals surface area (Å²) in [5.74, 6) is 0.270. The van der Waals surface area contributed by atoms with E-state index in [1.165, 1.54) is 30.6 Å². The minimum absolute atomic E-state index is 0.0582. The third-order valence-electron chi connectivity index (χ3n) is 3.02. The molecule has 0 spiro atoms. The number of hydrogen-bond donors (Lipinski definition) is 1. The molecule has 0 amide bonds. The van der Waals surface area contributed by atoms with Gasteiger partial charge in [-0.1, -0.05) is 25.4 Å². The molecule has 1 aromatic rings. The Labute approximate surface area is 125 Å². The van der Waals surface area contributed by atoms with Crippen LogP contribution in [-0.2, 0) is 10.0 Å². The second-order valence-electron chi connectivity index (χ2n) is 5.42. The Bertz CT molecular complexity index is 573. The Morgan fingerprint density at radius 1 is 1.40 bits per heavy atom. The van der Waals surface area contributed by atoms with Crippen LogP contribution in [0.4, 0.5) is 0 Å². The molecule has 0 radical (unpaired) electrons. The molecule has 0 bridgehead atoms. The van der Waals surface area contributed by atoms with E-state index < -0.39 is 10.0 Å². The largest absolute Gasteiger partial charge is 0.495 e. The predicted octanol–water partition coefficient (Wildman–Crippen LogP) is 1.95. The first-order chi connectivity index (χ1) is 9.14. The number of methoxy groups -OCH3 is 1. The van der Waals surface area contributed by atoms with E-state index in [0.717, 1.165) is 0 Å². The van der Waals surface area contributed by atoms with Gasteiger partial charge in [0, 0.05) is 18.6 Å². The van der Waals surface area contributed by atoms with Crippen LogP contribution in [-0.4, -0.2) is 40.0 Å². The lowest BCUT2D eigenvalue weighted by atomic mass is 9.94. The van der Waals surface area contributed by atoms with Gasteiger partial charge >= 0.3 is 0 Å². The number of ether oxygens (including phenoxy) is 1. The summed E-state index contributed by atoms with van der Waals surface area (Å²) in [6, 6.07) is 4.52. The van der Waals surface area contributed by atoms with E-state index in [9.17, 15) is 8.42 Å². The molecule has 1 aromatic carbocycles. The van der Waals surface area contributed by atoms with E-state index in [4.69, 9.17) is 22.1 Å². The highest BCUT2D eigenvalue weighted by Gasteiger charge is 2.29. The van der Waals surface area contributed by atoms with Crippen LogP contribution in [0.25, 0.3) is 0 Å². The van der Waals surface area contributed by atoms with Gasteiger partial charge < -0.3 is 10.5 Å². The summed E-state index contributed by atoms with van der Waals surface area (Å²) < 4.78 is 31.6. The number of hydrogen-bond acceptors (Lipinski definition) is 4. The van der Waals surface area contributed by atoms with Gasteiger partial charge in [0.05, 0.1) is 7.11 Å². The summed E-state index contributed by atoms with van der Waals surface area (Å²) in [6.07, 6.45) is 0. The first-order valence-electron chi connectivity index (χ1n) is 6.14. The van der Waals surface area contributed by atoms with Crippen LogP contribution in [0.15, 0.2) is 23.1 Å². The third kappa shape index (κ3) is 3.85. The lowest BCUT2D eigenvalue weighted by Gasteiger charge is -2.28. The number of halogens is 1. The quantitative estimate of drug-likeness (QED) is 0.869. The SMILES string of the molecule is COc1ccc(Cl)cc1S(=O)(=O)N(C)CC(C)(C)CN. The van der Waals surface area contributed by atoms with Gasteiger partial charge in [-0.25, -0.2) is 12.7 Å². The van der Waals surface area contributed by atoms with Crippen molar-refractivity contribution in [3.63, 3.8) is 0 Å². The Balaban J connectivity index is 3.20. The van der Waals surface area contributed by atoms with Gasteiger partial charge in [-0.15, -0.1) is 0 Å². The van der Waals surface area contributed by atoms with E-state index in [2.05, 4.69) is 0 Å². The average Bonchev–Trinajstić information content (AvgIpc) is 2.38. The highest BCUT2D eigenvalue weighted by molar-refractivity contribution is 7.89. The number of nitrogens with zero attached hydrogens (tertiary/aromatic N) is 1. The highest BCUT2D eigenvalue weighted by Crippen LogP contribution is 2.30. The molecule has 0 atom stereocenters. The molecule has 0 aliphatic heterocycles. The minimum Gasteiger partial charge on any atom is -0.495 e. The van der Waals surface area contributed by atoms with Crippen LogP contribution >= 0.6 is 11.6 Å². The fourth-order valence-corrected chi connectivity index (χ4v) is 3.55. The third-order valence-corrected chi connectivity index (χ3v) is 5.08. The maximum absolute atomic E-state index is 12.6. The first-order valence-corrected chi connectivity index (χ1v) is 7.96. The fraction of sp³-hybridized carbons (Fsp3) is 0.538. The van der Waals surface area contributed by atoms with E-state index in [-0.39, 0.29) is 16.1 Å². The van der Waals surface area contributed by atoms with Gasteiger partial charge in [0.25, 0.3) is 0 Å². The number of rotatable bonds is 6. The summed E-state index contributed by atoms with van der Waals surface area (Å²) in [5.41, 5.74) is 5.34. The zero-order valence-electron chi connectivity index (χ0n) is 12.2. The lowest BCUT2D eigenvalue weighted by Crippen LogP contribution is -2.39. The molecule has 0 saturated heterocycles. The second-order valence-corrected chi connectivity index (χ2v) is 7.87. The van der Waals surface area contributed by atoms with Crippen LogP contribution in [0.5, 0.6) is 5.75 Å². The number of nitrogens with two attached hydrogens (primary N) is 1. The van der Waals surface area contributed by atoms with Gasteiger partial charge in [-0.3, -0.25) is 0 Å². The van der Waals surface area contributed by atoms with Crippen LogP contribution in [0, 0.1) is 5.41 Å². The van der Waals surface area contributed by atoms with Gasteiger partial charge in [0.15, 0.2) is 0 Å². The standard InChI is InChI=1S/C13H21ClN2O3S/c1-13(2,8-15)9-16(3)20(17,18)12-7-10(14)5-6-11(12)19-4/h5-7H,8-9,15H2,1-4H3. The van der Waals surface area contributed by atoms with Crippen molar-refractivity contribution in [3.05, 3.63) is 23.2 Å². The van der Waals surface area contributed by atoms with Gasteiger partial charge in [0.1, 0.15) is 10.6 Å². The second kappa shape index (κ2) is 6.30. The highest BCUT2D eigenvalue weighted by atomic mass is 35.5. The molecule has 0 fully saturated rings. The summed E-state index contributed by atoms with van der Waals surface area (Å²) in [6.45, 7) is 4.52. The van der Waals surface area contributed by atoms with Crippen LogP contribution in [0.2, 0.25) is 5.02 Å². The number of sulfonamides is 1. The van der Waals surface area contributed by atoms with Crippen molar-refractivity contribution >= 4 is 21.6 Å². The van der Waals surface area contributed by atoms with Crippen LogP contribution in [0.1, 0.15) is 13.8 Å². The van der Waals surface area contributed by atoms with Crippen molar-refractivity contribution in [1.82, 2.24) is 4.31 Å². The van der Waals surface area contributed by atoms with Crippen molar-refractivity contribution in [2.75, 3.05) is 27.2 Å². The molecule has 0 saturated carbocycles. The summed E-state index contributed by atoms with van der Waals surface area (Å²) in [5, 5.41) is 0.343. The van der Waals surface area contributed by atoms with Crippen molar-refractivity contribution in [2.45, 2.75) is 18.7 Å². The summed E-state index contributed by atoms with van der Waals surface area (Å²) in [4.78, 5) is 0.0582. The average molecular weight is 321 g/mol. The van der Waals surface area contributed by atoms with E-state index in [1.54, 1.807) is 6.07 Å². The van der Waals surface area contributed by atoms with E-state index >= 15 is 0 Å². The Morgan fingerprint density at radius 3 is 2.50 bits per heavy atom. The summed E-state index contributed by atoms with van der Waals surface area (Å²) in [7, 11) is -0.736. The molecule has 114 valence electrons. The van der Waals surface area contributed by atoms with Gasteiger partial charge in [-0.2, -0.15) is 0 Å². The molecule has 2 N–H and O–H groups in total. The van der Waals surface area contributed by atoms with Crippen LogP contribution in [0.3, 0.4) is 0 Å². The minimum atomic E-state index is -3.68. The molecule has 0 unspecified atom stereocenters. The molecular formula is C13H21ClN2O3S. The first kappa shape index (κ1) is 17.2. The van der Waals surface area contributed by atoms with Crippen molar-refractivity contribution in [1.29, 1.82) is 0 Å². The molecule has 5 nitrogen and oxygen atoms in total. The molecule has 0 aliphatic rings. The van der Waals surface area contributed by atoms with Crippen molar-refractivity contribution < 1.29 is 13.2 Å². The Morgan fingerprint density at radius 2 is 2.00 bits per heavy atom. The topological polar surface area (TPSA) is 72.6 Å². The predicted molar refractivity (Wildman–Crippen MR) is 80.7 cm³/mol. The zero-order chi connectivity index (χ0) is 15.6. The van der Waals surface area contributed by atoms with Crippen molar-refractivity contribution in [3.8, 4) is 5.75 Å². The van der Waals surface area contributed by atoms with Crippen molar-refractivity contribution in [2.24, 2.45) is 11.1 Å². The van der Waals surface area contributed by atoms with Gasteiger partial charge in [0.2, 0.25) is 10.0 Å². The molecule has 0 heterocycles. The smallest absolute Gasteiger partial charge is 0.246 e. The van der Waals surface area contributed by atoms with Crippen LogP contribution < -0.4 is 10.5 Å². The van der Waals surface area contributed by atoms with E-state index in [0.29, 0.717) is 18.1 Å². The fourth-order valence-electron chi connectivity index (χ4n) is 1.77. The molecule has 0 aromatic heterocycles. The maximum atomic E-state index is 12.6. The lowest BCUT2D eigenvalue weighted by molar-refractivity contribution is 0.291. The molecular weight excluding hydrogens is 300 g/mol. The van der Waals surface area contributed by atoms with E-state index in [1.807, 2.05) is 13.8 Å². The maximum Gasteiger partial charge on any atom is 0.246 e. The van der Waals surface area contributed by atoms with Gasteiger partial charge in [-0.05, 0) is 30.2 Å². The monoisotopic (exact) mass is 320 g/mol. The molecule has 7 heteroatoms. The normalized spacial score (nSPS) is 12.8. The molecule has 0 aliphatic carbocycles. The summed E-state index contributed by atoms with van der Waals surface area (Å²) >= 11 is 5.89. The Kier molecular flexibility index (Phi) is 5.43. The number of benzene rings is 1. The Hall–Kier alpha value is -0.820. The zero-order valence-corrected chi connectivity index (χ0v) is 13.8.